The highest BCUT2D eigenvalue weighted by molar-refractivity contribution is 5.96. The number of nitrogens with zero attached hydrogens (tertiary/aromatic N) is 1. The average molecular weight is 413 g/mol. The summed E-state index contributed by atoms with van der Waals surface area (Å²) in [5.74, 6) is -0.515. The van der Waals surface area contributed by atoms with E-state index < -0.39 is 6.10 Å². The molecule has 3 rings (SSSR count). The number of carbonyl (C=O) groups excluding carboxylic acids is 2. The molecule has 2 aromatic rings. The van der Waals surface area contributed by atoms with Crippen molar-refractivity contribution in [2.45, 2.75) is 39.2 Å². The predicted octanol–water partition coefficient (Wildman–Crippen LogP) is 3.93. The van der Waals surface area contributed by atoms with E-state index in [1.807, 2.05) is 38.1 Å². The molecule has 0 aliphatic carbocycles. The number of aliphatic hydroxyl groups excluding tert-OH is 1. The van der Waals surface area contributed by atoms with Crippen LogP contribution in [0.2, 0.25) is 0 Å². The average Bonchev–Trinajstić information content (AvgIpc) is 2.71. The molecule has 2 atom stereocenters. The Morgan fingerprint density at radius 1 is 1.17 bits per heavy atom. The van der Waals surface area contributed by atoms with E-state index in [1.165, 1.54) is 24.3 Å². The number of para-hydroxylation sites is 1. The van der Waals surface area contributed by atoms with Crippen molar-refractivity contribution in [2.24, 2.45) is 11.8 Å². The molecule has 1 aliphatic rings. The van der Waals surface area contributed by atoms with Gasteiger partial charge in [0.15, 0.2) is 0 Å². The summed E-state index contributed by atoms with van der Waals surface area (Å²) in [6, 6.07) is 13.4. The van der Waals surface area contributed by atoms with Crippen LogP contribution in [0.25, 0.3) is 0 Å². The van der Waals surface area contributed by atoms with E-state index in [-0.39, 0.29) is 42.4 Å². The van der Waals surface area contributed by atoms with Gasteiger partial charge in [-0.1, -0.05) is 44.2 Å². The predicted molar refractivity (Wildman–Crippen MR) is 114 cm³/mol. The highest BCUT2D eigenvalue weighted by Crippen LogP contribution is 2.28. The van der Waals surface area contributed by atoms with Gasteiger partial charge in [-0.05, 0) is 48.1 Å². The molecule has 0 spiro atoms. The molecule has 1 heterocycles. The summed E-state index contributed by atoms with van der Waals surface area (Å²) in [6.07, 6.45) is 0.430. The first-order chi connectivity index (χ1) is 14.3. The van der Waals surface area contributed by atoms with Gasteiger partial charge in [0.05, 0.1) is 12.6 Å². The van der Waals surface area contributed by atoms with Crippen molar-refractivity contribution in [1.82, 2.24) is 4.90 Å². The molecule has 2 N–H and O–H groups in total. The summed E-state index contributed by atoms with van der Waals surface area (Å²) in [7, 11) is 0. The van der Waals surface area contributed by atoms with E-state index >= 15 is 0 Å². The number of benzene rings is 2. The standard InChI is InChI=1S/C24H29FN2O3/c1-16(2)14-27(15-22(28)17-7-10-20(25)11-8-17)23(29)12-9-19-13-18-5-3-4-6-21(18)26-24(19)30/h3-8,10-11,16,19,22,28H,9,12-15H2,1-2H3,(H,26,30). The number of rotatable bonds is 8. The number of aliphatic hydroxyl groups is 1. The summed E-state index contributed by atoms with van der Waals surface area (Å²) in [6.45, 7) is 4.67. The van der Waals surface area contributed by atoms with Crippen LogP contribution >= 0.6 is 0 Å². The Hall–Kier alpha value is -2.73. The maximum absolute atomic E-state index is 13.1. The fourth-order valence-corrected chi connectivity index (χ4v) is 3.82. The maximum Gasteiger partial charge on any atom is 0.227 e. The second-order valence-corrected chi connectivity index (χ2v) is 8.35. The maximum atomic E-state index is 13.1. The molecule has 30 heavy (non-hydrogen) atoms. The van der Waals surface area contributed by atoms with Gasteiger partial charge < -0.3 is 15.3 Å². The normalized spacial score (nSPS) is 16.7. The van der Waals surface area contributed by atoms with E-state index in [9.17, 15) is 19.1 Å². The largest absolute Gasteiger partial charge is 0.387 e. The lowest BCUT2D eigenvalue weighted by molar-refractivity contribution is -0.133. The topological polar surface area (TPSA) is 69.6 Å². The Labute approximate surface area is 176 Å². The minimum absolute atomic E-state index is 0.0525. The van der Waals surface area contributed by atoms with Crippen molar-refractivity contribution < 1.29 is 19.1 Å². The van der Waals surface area contributed by atoms with Crippen molar-refractivity contribution >= 4 is 17.5 Å². The zero-order chi connectivity index (χ0) is 21.7. The highest BCUT2D eigenvalue weighted by atomic mass is 19.1. The first-order valence-electron chi connectivity index (χ1n) is 10.4. The van der Waals surface area contributed by atoms with Gasteiger partial charge in [0.25, 0.3) is 0 Å². The monoisotopic (exact) mass is 412 g/mol. The molecule has 160 valence electrons. The molecular weight excluding hydrogens is 383 g/mol. The number of carbonyl (C=O) groups is 2. The Balaban J connectivity index is 1.61. The lowest BCUT2D eigenvalue weighted by atomic mass is 9.89. The van der Waals surface area contributed by atoms with Crippen LogP contribution in [0.5, 0.6) is 0 Å². The first-order valence-corrected chi connectivity index (χ1v) is 10.4. The second kappa shape index (κ2) is 9.85. The third-order valence-electron chi connectivity index (χ3n) is 5.41. The third-order valence-corrected chi connectivity index (χ3v) is 5.41. The van der Waals surface area contributed by atoms with Crippen LogP contribution in [0, 0.1) is 17.7 Å². The number of amides is 2. The fourth-order valence-electron chi connectivity index (χ4n) is 3.82. The zero-order valence-corrected chi connectivity index (χ0v) is 17.5. The van der Waals surface area contributed by atoms with Gasteiger partial charge in [0.2, 0.25) is 11.8 Å². The van der Waals surface area contributed by atoms with Crippen LogP contribution in [-0.2, 0) is 16.0 Å². The quantitative estimate of drug-likeness (QED) is 0.690. The van der Waals surface area contributed by atoms with E-state index in [4.69, 9.17) is 0 Å². The first kappa shape index (κ1) is 22.0. The molecule has 0 saturated heterocycles. The molecule has 0 radical (unpaired) electrons. The van der Waals surface area contributed by atoms with Crippen molar-refractivity contribution in [3.63, 3.8) is 0 Å². The SMILES string of the molecule is CC(C)CN(CC(O)c1ccc(F)cc1)C(=O)CCC1Cc2ccccc2NC1=O. The van der Waals surface area contributed by atoms with Crippen molar-refractivity contribution in [1.29, 1.82) is 0 Å². The molecule has 0 saturated carbocycles. The van der Waals surface area contributed by atoms with E-state index in [0.717, 1.165) is 11.3 Å². The molecular formula is C24H29FN2O3. The molecule has 2 unspecified atom stereocenters. The smallest absolute Gasteiger partial charge is 0.227 e. The molecule has 6 heteroatoms. The summed E-state index contributed by atoms with van der Waals surface area (Å²) in [4.78, 5) is 27.0. The number of halogens is 1. The summed E-state index contributed by atoms with van der Waals surface area (Å²) in [5.41, 5.74) is 2.50. The Kier molecular flexibility index (Phi) is 7.21. The van der Waals surface area contributed by atoms with Crippen molar-refractivity contribution in [3.8, 4) is 0 Å². The van der Waals surface area contributed by atoms with Gasteiger partial charge in [-0.3, -0.25) is 9.59 Å². The molecule has 5 nitrogen and oxygen atoms in total. The highest BCUT2D eigenvalue weighted by Gasteiger charge is 2.27. The number of hydrogen-bond donors (Lipinski definition) is 2. The van der Waals surface area contributed by atoms with Crippen LogP contribution in [0.3, 0.4) is 0 Å². The minimum atomic E-state index is -0.891. The molecule has 0 fully saturated rings. The molecule has 0 bridgehead atoms. The summed E-state index contributed by atoms with van der Waals surface area (Å²) < 4.78 is 13.1. The van der Waals surface area contributed by atoms with E-state index in [2.05, 4.69) is 5.32 Å². The number of nitrogens with one attached hydrogen (secondary N) is 1. The number of fused-ring (bicyclic) bond motifs is 1. The van der Waals surface area contributed by atoms with Crippen LogP contribution in [0.15, 0.2) is 48.5 Å². The third kappa shape index (κ3) is 5.66. The molecule has 0 aromatic heterocycles. The van der Waals surface area contributed by atoms with Crippen LogP contribution in [0.4, 0.5) is 10.1 Å². The Morgan fingerprint density at radius 2 is 1.87 bits per heavy atom. The van der Waals surface area contributed by atoms with Gasteiger partial charge in [0, 0.05) is 24.6 Å². The van der Waals surface area contributed by atoms with Crippen LogP contribution in [0.1, 0.15) is 43.9 Å². The molecule has 2 aromatic carbocycles. The zero-order valence-electron chi connectivity index (χ0n) is 17.5. The van der Waals surface area contributed by atoms with Crippen LogP contribution < -0.4 is 5.32 Å². The Morgan fingerprint density at radius 3 is 2.57 bits per heavy atom. The molecule has 1 aliphatic heterocycles. The number of anilines is 1. The van der Waals surface area contributed by atoms with E-state index in [0.29, 0.717) is 24.9 Å². The molecule has 2 amide bonds. The van der Waals surface area contributed by atoms with Crippen LogP contribution in [-0.4, -0.2) is 34.9 Å². The Bertz CT molecular complexity index is 882. The fraction of sp³-hybridized carbons (Fsp3) is 0.417. The van der Waals surface area contributed by atoms with Gasteiger partial charge in [-0.15, -0.1) is 0 Å². The summed E-state index contributed by atoms with van der Waals surface area (Å²) in [5, 5.41) is 13.5. The number of hydrogen-bond acceptors (Lipinski definition) is 3. The van der Waals surface area contributed by atoms with Crippen molar-refractivity contribution in [2.75, 3.05) is 18.4 Å². The van der Waals surface area contributed by atoms with Gasteiger partial charge in [-0.2, -0.15) is 0 Å². The van der Waals surface area contributed by atoms with E-state index in [1.54, 1.807) is 4.90 Å². The second-order valence-electron chi connectivity index (χ2n) is 8.35. The lowest BCUT2D eigenvalue weighted by Crippen LogP contribution is -2.38. The minimum Gasteiger partial charge on any atom is -0.387 e. The van der Waals surface area contributed by atoms with Gasteiger partial charge >= 0.3 is 0 Å². The van der Waals surface area contributed by atoms with Gasteiger partial charge in [-0.25, -0.2) is 4.39 Å². The summed E-state index contributed by atoms with van der Waals surface area (Å²) >= 11 is 0. The lowest BCUT2D eigenvalue weighted by Gasteiger charge is -2.29. The van der Waals surface area contributed by atoms with Gasteiger partial charge in [0.1, 0.15) is 5.82 Å². The van der Waals surface area contributed by atoms with Crippen molar-refractivity contribution in [3.05, 3.63) is 65.5 Å².